The topological polar surface area (TPSA) is 79.3 Å². The number of pyridine rings is 1. The van der Waals surface area contributed by atoms with Crippen molar-refractivity contribution in [2.75, 3.05) is 0 Å². The minimum absolute atomic E-state index is 0.550. The first-order chi connectivity index (χ1) is 8.50. The number of rotatable bonds is 3. The maximum Gasteiger partial charge on any atom is 0.261 e. The third kappa shape index (κ3) is 2.85. The highest BCUT2D eigenvalue weighted by Gasteiger charge is 2.30. The summed E-state index contributed by atoms with van der Waals surface area (Å²) in [6.07, 6.45) is 3.31. The van der Waals surface area contributed by atoms with Gasteiger partial charge in [-0.2, -0.15) is 0 Å². The Labute approximate surface area is 105 Å². The highest BCUT2D eigenvalue weighted by atomic mass is 32.2. The largest absolute Gasteiger partial charge is 0.391 e. The molecule has 0 amide bonds. The summed E-state index contributed by atoms with van der Waals surface area (Å²) in [6, 6.07) is 1.80. The summed E-state index contributed by atoms with van der Waals surface area (Å²) in [5.41, 5.74) is 0. The second kappa shape index (κ2) is 5.29. The van der Waals surface area contributed by atoms with Gasteiger partial charge >= 0.3 is 0 Å². The zero-order valence-corrected chi connectivity index (χ0v) is 10.5. The first-order valence-corrected chi connectivity index (χ1v) is 7.30. The molecule has 1 aliphatic carbocycles. The number of nitrogens with zero attached hydrogens (tertiary/aromatic N) is 1. The summed E-state index contributed by atoms with van der Waals surface area (Å²) in [6.45, 7) is 0. The molecular formula is C11H15FN2O3S. The molecule has 7 heteroatoms. The van der Waals surface area contributed by atoms with Gasteiger partial charge in [-0.1, -0.05) is 12.8 Å². The molecule has 0 spiro atoms. The average molecular weight is 274 g/mol. The van der Waals surface area contributed by atoms with Crippen LogP contribution in [-0.4, -0.2) is 30.7 Å². The van der Waals surface area contributed by atoms with Crippen molar-refractivity contribution in [3.05, 3.63) is 24.1 Å². The molecule has 1 saturated carbocycles. The van der Waals surface area contributed by atoms with Gasteiger partial charge in [-0.05, 0) is 25.0 Å². The van der Waals surface area contributed by atoms with E-state index in [1.54, 1.807) is 0 Å². The highest BCUT2D eigenvalue weighted by molar-refractivity contribution is 7.89. The van der Waals surface area contributed by atoms with E-state index in [9.17, 15) is 17.9 Å². The van der Waals surface area contributed by atoms with Gasteiger partial charge in [0.1, 0.15) is 0 Å². The lowest BCUT2D eigenvalue weighted by atomic mass is 9.93. The van der Waals surface area contributed by atoms with Crippen LogP contribution in [0.2, 0.25) is 0 Å². The molecule has 100 valence electrons. The number of sulfonamides is 1. The van der Waals surface area contributed by atoms with Crippen molar-refractivity contribution in [1.82, 2.24) is 9.71 Å². The van der Waals surface area contributed by atoms with Gasteiger partial charge in [0.15, 0.2) is 5.82 Å². The van der Waals surface area contributed by atoms with Crippen LogP contribution in [-0.2, 0) is 10.0 Å². The van der Waals surface area contributed by atoms with E-state index in [2.05, 4.69) is 9.71 Å². The number of hydrogen-bond donors (Lipinski definition) is 2. The van der Waals surface area contributed by atoms with Crippen molar-refractivity contribution in [2.45, 2.75) is 42.9 Å². The molecule has 2 N–H and O–H groups in total. The summed E-state index contributed by atoms with van der Waals surface area (Å²) in [5.74, 6) is -0.893. The van der Waals surface area contributed by atoms with E-state index in [1.807, 2.05) is 0 Å². The van der Waals surface area contributed by atoms with Crippen LogP contribution in [0.3, 0.4) is 0 Å². The third-order valence-corrected chi connectivity index (χ3v) is 4.44. The number of aromatic nitrogens is 1. The van der Waals surface area contributed by atoms with Crippen LogP contribution in [0.1, 0.15) is 25.7 Å². The summed E-state index contributed by atoms with van der Waals surface area (Å²) < 4.78 is 39.6. The van der Waals surface area contributed by atoms with Gasteiger partial charge in [0.2, 0.25) is 5.03 Å². The Balaban J connectivity index is 2.19. The van der Waals surface area contributed by atoms with Crippen molar-refractivity contribution >= 4 is 10.0 Å². The van der Waals surface area contributed by atoms with Gasteiger partial charge in [-0.25, -0.2) is 22.5 Å². The normalized spacial score (nSPS) is 25.0. The summed E-state index contributed by atoms with van der Waals surface area (Å²) in [5, 5.41) is 9.08. The lowest BCUT2D eigenvalue weighted by Crippen LogP contribution is -2.45. The highest BCUT2D eigenvalue weighted by Crippen LogP contribution is 2.20. The van der Waals surface area contributed by atoms with Crippen LogP contribution in [0.5, 0.6) is 0 Å². The lowest BCUT2D eigenvalue weighted by Gasteiger charge is -2.27. The fourth-order valence-electron chi connectivity index (χ4n) is 2.07. The molecule has 1 aromatic heterocycles. The van der Waals surface area contributed by atoms with Gasteiger partial charge in [0, 0.05) is 12.2 Å². The fourth-order valence-corrected chi connectivity index (χ4v) is 3.38. The molecule has 0 radical (unpaired) electrons. The van der Waals surface area contributed by atoms with E-state index >= 15 is 0 Å². The van der Waals surface area contributed by atoms with E-state index < -0.39 is 33.0 Å². The molecular weight excluding hydrogens is 259 g/mol. The number of nitrogens with one attached hydrogen (secondary N) is 1. The first-order valence-electron chi connectivity index (χ1n) is 5.81. The monoisotopic (exact) mass is 274 g/mol. The predicted octanol–water partition coefficient (Wildman–Crippen LogP) is 0.802. The Hall–Kier alpha value is -1.05. The van der Waals surface area contributed by atoms with Gasteiger partial charge in [-0.3, -0.25) is 0 Å². The molecule has 0 saturated heterocycles. The molecule has 18 heavy (non-hydrogen) atoms. The van der Waals surface area contributed by atoms with Crippen LogP contribution in [0.4, 0.5) is 4.39 Å². The Bertz CT molecular complexity index is 521. The summed E-state index contributed by atoms with van der Waals surface area (Å²) in [4.78, 5) is 3.53. The van der Waals surface area contributed by atoms with E-state index in [4.69, 9.17) is 0 Å². The predicted molar refractivity (Wildman–Crippen MR) is 62.8 cm³/mol. The zero-order valence-electron chi connectivity index (χ0n) is 9.71. The SMILES string of the molecule is O=S(=O)(NC1CCCCC1O)c1ncccc1F. The second-order valence-corrected chi connectivity index (χ2v) is 6.00. The average Bonchev–Trinajstić information content (AvgIpc) is 2.32. The Morgan fingerprint density at radius 3 is 2.78 bits per heavy atom. The minimum Gasteiger partial charge on any atom is -0.391 e. The zero-order chi connectivity index (χ0) is 13.2. The smallest absolute Gasteiger partial charge is 0.261 e. The quantitative estimate of drug-likeness (QED) is 0.854. The molecule has 0 aliphatic heterocycles. The lowest BCUT2D eigenvalue weighted by molar-refractivity contribution is 0.101. The van der Waals surface area contributed by atoms with Crippen LogP contribution in [0, 0.1) is 5.82 Å². The number of halogens is 1. The first kappa shape index (κ1) is 13.4. The minimum atomic E-state index is -4.02. The van der Waals surface area contributed by atoms with Gasteiger partial charge in [-0.15, -0.1) is 0 Å². The fraction of sp³-hybridized carbons (Fsp3) is 0.545. The van der Waals surface area contributed by atoms with Gasteiger partial charge in [0.05, 0.1) is 6.10 Å². The van der Waals surface area contributed by atoms with Crippen molar-refractivity contribution in [1.29, 1.82) is 0 Å². The molecule has 2 rings (SSSR count). The van der Waals surface area contributed by atoms with Crippen LogP contribution < -0.4 is 4.72 Å². The molecule has 1 aromatic rings. The summed E-state index contributed by atoms with van der Waals surface area (Å²) in [7, 11) is -4.02. The molecule has 0 aromatic carbocycles. The van der Waals surface area contributed by atoms with E-state index in [-0.39, 0.29) is 0 Å². The number of aliphatic hydroxyl groups excluding tert-OH is 1. The van der Waals surface area contributed by atoms with Crippen molar-refractivity contribution in [3.8, 4) is 0 Å². The van der Waals surface area contributed by atoms with Crippen molar-refractivity contribution in [2.24, 2.45) is 0 Å². The number of aliphatic hydroxyl groups is 1. The van der Waals surface area contributed by atoms with Crippen LogP contribution in [0.15, 0.2) is 23.4 Å². The van der Waals surface area contributed by atoms with E-state index in [1.165, 1.54) is 12.3 Å². The molecule has 2 unspecified atom stereocenters. The third-order valence-electron chi connectivity index (χ3n) is 3.02. The van der Waals surface area contributed by atoms with E-state index in [0.29, 0.717) is 12.8 Å². The number of hydrogen-bond acceptors (Lipinski definition) is 4. The molecule has 1 fully saturated rings. The van der Waals surface area contributed by atoms with Gasteiger partial charge in [0.25, 0.3) is 10.0 Å². The summed E-state index contributed by atoms with van der Waals surface area (Å²) >= 11 is 0. The molecule has 5 nitrogen and oxygen atoms in total. The standard InChI is InChI=1S/C11H15FN2O3S/c12-8-4-3-7-13-11(8)18(16,17)14-9-5-1-2-6-10(9)15/h3-4,7,9-10,14-15H,1-2,5-6H2. The van der Waals surface area contributed by atoms with Crippen LogP contribution >= 0.6 is 0 Å². The maximum atomic E-state index is 13.4. The molecule has 0 bridgehead atoms. The van der Waals surface area contributed by atoms with Crippen LogP contribution in [0.25, 0.3) is 0 Å². The van der Waals surface area contributed by atoms with Crippen molar-refractivity contribution in [3.63, 3.8) is 0 Å². The molecule has 1 heterocycles. The molecule has 2 atom stereocenters. The van der Waals surface area contributed by atoms with E-state index in [0.717, 1.165) is 18.9 Å². The van der Waals surface area contributed by atoms with Gasteiger partial charge < -0.3 is 5.11 Å². The second-order valence-electron chi connectivity index (χ2n) is 4.37. The Morgan fingerprint density at radius 1 is 1.39 bits per heavy atom. The molecule has 1 aliphatic rings. The van der Waals surface area contributed by atoms with Crippen molar-refractivity contribution < 1.29 is 17.9 Å². The Morgan fingerprint density at radius 2 is 2.11 bits per heavy atom. The maximum absolute atomic E-state index is 13.4. The Kier molecular flexibility index (Phi) is 3.94.